The van der Waals surface area contributed by atoms with Crippen LogP contribution in [0.4, 0.5) is 0 Å². The standard InChI is InChI=1S/C8H18.C3H3N3O3S/c1-3-5-7-8-6-4-2;7-10(8,9)3-5-1-4-2-6-3/h3-8H2,1-2H3;1-2H,(H,7,8,9). The summed E-state index contributed by atoms with van der Waals surface area (Å²) in [5, 5.41) is -0.637. The number of rotatable bonds is 6. The normalized spacial score (nSPS) is 10.6. The SMILES string of the molecule is CCCCCCCC.O=S(=O)(O)c1ncncn1. The lowest BCUT2D eigenvalue weighted by Crippen LogP contribution is -2.03. The molecule has 0 amide bonds. The van der Waals surface area contributed by atoms with Crippen molar-refractivity contribution in [2.45, 2.75) is 57.5 Å². The Kier molecular flexibility index (Phi) is 9.31. The van der Waals surface area contributed by atoms with Gasteiger partial charge in [0.1, 0.15) is 12.7 Å². The summed E-state index contributed by atoms with van der Waals surface area (Å²) >= 11 is 0. The molecular formula is C11H21N3O3S. The number of unbranched alkanes of at least 4 members (excludes halogenated alkanes) is 5. The van der Waals surface area contributed by atoms with Gasteiger partial charge in [0, 0.05) is 0 Å². The molecule has 1 rings (SSSR count). The van der Waals surface area contributed by atoms with E-state index in [-0.39, 0.29) is 0 Å². The predicted octanol–water partition coefficient (Wildman–Crippen LogP) is 2.49. The van der Waals surface area contributed by atoms with Gasteiger partial charge in [0.25, 0.3) is 5.16 Å². The number of hydrogen-bond acceptors (Lipinski definition) is 5. The second-order valence-electron chi connectivity index (χ2n) is 3.81. The van der Waals surface area contributed by atoms with E-state index in [1.807, 2.05) is 0 Å². The van der Waals surface area contributed by atoms with Gasteiger partial charge < -0.3 is 0 Å². The van der Waals surface area contributed by atoms with Crippen molar-refractivity contribution in [3.8, 4) is 0 Å². The van der Waals surface area contributed by atoms with Gasteiger partial charge in [0.05, 0.1) is 0 Å². The maximum Gasteiger partial charge on any atom is 0.330 e. The minimum atomic E-state index is -4.27. The molecule has 6 nitrogen and oxygen atoms in total. The van der Waals surface area contributed by atoms with Crippen LogP contribution in [0.15, 0.2) is 17.8 Å². The lowest BCUT2D eigenvalue weighted by atomic mass is 10.1. The van der Waals surface area contributed by atoms with Gasteiger partial charge in [-0.05, 0) is 0 Å². The first kappa shape index (κ1) is 16.9. The molecule has 0 saturated carbocycles. The summed E-state index contributed by atoms with van der Waals surface area (Å²) in [6.45, 7) is 4.51. The van der Waals surface area contributed by atoms with Gasteiger partial charge in [0.15, 0.2) is 0 Å². The van der Waals surface area contributed by atoms with Gasteiger partial charge in [-0.1, -0.05) is 52.4 Å². The molecule has 0 fully saturated rings. The van der Waals surface area contributed by atoms with Crippen molar-refractivity contribution in [1.82, 2.24) is 15.0 Å². The van der Waals surface area contributed by atoms with Crippen LogP contribution in [0.25, 0.3) is 0 Å². The molecule has 1 aromatic rings. The molecule has 7 heteroatoms. The molecule has 1 heterocycles. The van der Waals surface area contributed by atoms with E-state index in [1.54, 1.807) is 0 Å². The molecule has 104 valence electrons. The molecule has 1 aromatic heterocycles. The highest BCUT2D eigenvalue weighted by atomic mass is 32.2. The zero-order chi connectivity index (χ0) is 13.9. The van der Waals surface area contributed by atoms with E-state index >= 15 is 0 Å². The highest BCUT2D eigenvalue weighted by Crippen LogP contribution is 2.03. The molecule has 0 atom stereocenters. The zero-order valence-corrected chi connectivity index (χ0v) is 11.7. The molecule has 18 heavy (non-hydrogen) atoms. The van der Waals surface area contributed by atoms with Crippen molar-refractivity contribution in [3.63, 3.8) is 0 Å². The highest BCUT2D eigenvalue weighted by molar-refractivity contribution is 7.85. The van der Waals surface area contributed by atoms with E-state index in [0.29, 0.717) is 0 Å². The molecule has 0 aromatic carbocycles. The molecule has 0 aliphatic rings. The van der Waals surface area contributed by atoms with E-state index in [4.69, 9.17) is 4.55 Å². The fourth-order valence-electron chi connectivity index (χ4n) is 1.22. The Hall–Kier alpha value is -1.08. The lowest BCUT2D eigenvalue weighted by Gasteiger charge is -1.93. The summed E-state index contributed by atoms with van der Waals surface area (Å²) in [5.74, 6) is 0. The van der Waals surface area contributed by atoms with Crippen LogP contribution in [0.5, 0.6) is 0 Å². The van der Waals surface area contributed by atoms with E-state index in [0.717, 1.165) is 12.7 Å². The summed E-state index contributed by atoms with van der Waals surface area (Å²) < 4.78 is 28.8. The molecule has 1 N–H and O–H groups in total. The first-order valence-corrected chi connectivity index (χ1v) is 7.55. The van der Waals surface area contributed by atoms with Crippen LogP contribution < -0.4 is 0 Å². The van der Waals surface area contributed by atoms with E-state index in [1.165, 1.54) is 38.5 Å². The number of aromatic nitrogens is 3. The predicted molar refractivity (Wildman–Crippen MR) is 68.7 cm³/mol. The fraction of sp³-hybridized carbons (Fsp3) is 0.727. The third kappa shape index (κ3) is 9.00. The van der Waals surface area contributed by atoms with Gasteiger partial charge in [0.2, 0.25) is 0 Å². The second kappa shape index (κ2) is 9.90. The van der Waals surface area contributed by atoms with Crippen molar-refractivity contribution in [2.75, 3.05) is 0 Å². The average molecular weight is 275 g/mol. The Morgan fingerprint density at radius 1 is 1.00 bits per heavy atom. The van der Waals surface area contributed by atoms with Crippen molar-refractivity contribution < 1.29 is 13.0 Å². The number of nitrogens with zero attached hydrogens (tertiary/aromatic N) is 3. The zero-order valence-electron chi connectivity index (χ0n) is 10.9. The van der Waals surface area contributed by atoms with Gasteiger partial charge >= 0.3 is 10.1 Å². The summed E-state index contributed by atoms with van der Waals surface area (Å²) in [6, 6.07) is 0. The molecule has 0 bridgehead atoms. The van der Waals surface area contributed by atoms with Gasteiger partial charge in [-0.15, -0.1) is 0 Å². The van der Waals surface area contributed by atoms with Crippen LogP contribution in [0, 0.1) is 0 Å². The summed E-state index contributed by atoms with van der Waals surface area (Å²) in [7, 11) is -4.27. The summed E-state index contributed by atoms with van der Waals surface area (Å²) in [5.41, 5.74) is 0. The first-order valence-electron chi connectivity index (χ1n) is 6.11. The molecular weight excluding hydrogens is 254 g/mol. The van der Waals surface area contributed by atoms with Gasteiger partial charge in [-0.3, -0.25) is 4.55 Å². The third-order valence-electron chi connectivity index (χ3n) is 2.16. The quantitative estimate of drug-likeness (QED) is 0.633. The Balaban J connectivity index is 0.000000331. The number of hydrogen-bond donors (Lipinski definition) is 1. The minimum absolute atomic E-state index is 0.637. The van der Waals surface area contributed by atoms with E-state index < -0.39 is 15.3 Å². The largest absolute Gasteiger partial charge is 0.330 e. The topological polar surface area (TPSA) is 93.0 Å². The third-order valence-corrected chi connectivity index (χ3v) is 2.83. The maximum atomic E-state index is 10.2. The Labute approximate surface area is 109 Å². The summed E-state index contributed by atoms with van der Waals surface area (Å²) in [4.78, 5) is 9.74. The van der Waals surface area contributed by atoms with Crippen molar-refractivity contribution in [2.24, 2.45) is 0 Å². The first-order chi connectivity index (χ1) is 8.52. The van der Waals surface area contributed by atoms with Gasteiger partial charge in [-0.25, -0.2) is 15.0 Å². The van der Waals surface area contributed by atoms with Crippen LogP contribution in [0.3, 0.4) is 0 Å². The molecule has 0 aliphatic carbocycles. The van der Waals surface area contributed by atoms with Crippen molar-refractivity contribution >= 4 is 10.1 Å². The molecule has 0 saturated heterocycles. The Morgan fingerprint density at radius 2 is 1.44 bits per heavy atom. The van der Waals surface area contributed by atoms with Crippen molar-refractivity contribution in [1.29, 1.82) is 0 Å². The van der Waals surface area contributed by atoms with Crippen LogP contribution in [-0.4, -0.2) is 27.9 Å². The average Bonchev–Trinajstić information content (AvgIpc) is 2.36. The van der Waals surface area contributed by atoms with Crippen LogP contribution >= 0.6 is 0 Å². The maximum absolute atomic E-state index is 10.2. The Bertz CT molecular complexity index is 389. The molecule has 0 unspecified atom stereocenters. The fourth-order valence-corrected chi connectivity index (χ4v) is 1.58. The monoisotopic (exact) mass is 275 g/mol. The Morgan fingerprint density at radius 3 is 1.72 bits per heavy atom. The summed E-state index contributed by atoms with van der Waals surface area (Å²) in [6.07, 6.45) is 10.5. The molecule has 0 radical (unpaired) electrons. The minimum Gasteiger partial charge on any atom is -0.279 e. The highest BCUT2D eigenvalue weighted by Gasteiger charge is 2.10. The second-order valence-corrected chi connectivity index (χ2v) is 5.13. The van der Waals surface area contributed by atoms with Crippen LogP contribution in [-0.2, 0) is 10.1 Å². The van der Waals surface area contributed by atoms with Crippen LogP contribution in [0.2, 0.25) is 0 Å². The lowest BCUT2D eigenvalue weighted by molar-refractivity contribution is 0.473. The van der Waals surface area contributed by atoms with Crippen LogP contribution in [0.1, 0.15) is 52.4 Å². The van der Waals surface area contributed by atoms with Gasteiger partial charge in [-0.2, -0.15) is 8.42 Å². The van der Waals surface area contributed by atoms with E-state index in [9.17, 15) is 8.42 Å². The van der Waals surface area contributed by atoms with Crippen molar-refractivity contribution in [3.05, 3.63) is 12.7 Å². The molecule has 0 spiro atoms. The van der Waals surface area contributed by atoms with E-state index in [2.05, 4.69) is 28.8 Å². The smallest absolute Gasteiger partial charge is 0.279 e. The molecule has 0 aliphatic heterocycles.